The van der Waals surface area contributed by atoms with Crippen molar-refractivity contribution >= 4 is 85.5 Å². The van der Waals surface area contributed by atoms with Crippen molar-refractivity contribution in [3.63, 3.8) is 0 Å². The molecule has 12 nitrogen and oxygen atoms in total. The number of aliphatic hydroxyl groups excluding tert-OH is 4. The molecule has 3 aliphatic rings. The zero-order chi connectivity index (χ0) is 28.5. The first-order valence-corrected chi connectivity index (χ1v) is 16.3. The summed E-state index contributed by atoms with van der Waals surface area (Å²) in [7, 11) is 0. The molecule has 218 valence electrons. The molecule has 15 heteroatoms. The van der Waals surface area contributed by atoms with Crippen LogP contribution < -0.4 is 21.7 Å². The van der Waals surface area contributed by atoms with Crippen LogP contribution in [0.5, 0.6) is 0 Å². The van der Waals surface area contributed by atoms with Gasteiger partial charge in [-0.05, 0) is 31.1 Å². The number of rotatable bonds is 6. The summed E-state index contributed by atoms with van der Waals surface area (Å²) >= 11 is 7.10. The summed E-state index contributed by atoms with van der Waals surface area (Å²) in [6.45, 7) is 2.38. The molecule has 0 radical (unpaired) electrons. The van der Waals surface area contributed by atoms with Crippen molar-refractivity contribution in [3.05, 3.63) is 0 Å². The first kappa shape index (κ1) is 32.9. The molecule has 0 aromatic heterocycles. The van der Waals surface area contributed by atoms with Crippen molar-refractivity contribution in [2.24, 2.45) is 23.5 Å². The summed E-state index contributed by atoms with van der Waals surface area (Å²) in [5, 5.41) is 48.7. The number of hydrogen-bond donors (Lipinski definition) is 8. The molecule has 3 amide bonds. The minimum atomic E-state index is -1.60. The molecule has 2 saturated carbocycles. The van der Waals surface area contributed by atoms with Crippen LogP contribution in [0, 0.1) is 17.8 Å². The Morgan fingerprint density at radius 3 is 1.89 bits per heavy atom. The SMILES string of the molecule is CC(=O)NC1C([123I])C(NC(C)=O)C([123I])C(C2CCC(C(=O)NC3C(O)OC(CO)C(O)C3O)C(N)C2)C1[123I]. The quantitative estimate of drug-likeness (QED) is 0.118. The van der Waals surface area contributed by atoms with E-state index in [1.165, 1.54) is 13.8 Å². The lowest BCUT2D eigenvalue weighted by atomic mass is 9.67. The molecule has 2 aliphatic carbocycles. The number of ether oxygens (including phenoxy) is 1. The van der Waals surface area contributed by atoms with Gasteiger partial charge in [-0.2, -0.15) is 0 Å². The van der Waals surface area contributed by atoms with Crippen LogP contribution in [-0.2, 0) is 19.1 Å². The molecule has 0 aromatic rings. The maximum Gasteiger partial charge on any atom is 0.225 e. The van der Waals surface area contributed by atoms with E-state index >= 15 is 0 Å². The molecule has 3 rings (SSSR count). The van der Waals surface area contributed by atoms with E-state index in [0.717, 1.165) is 0 Å². The highest BCUT2D eigenvalue weighted by atomic mass is 123. The maximum atomic E-state index is 13.1. The highest BCUT2D eigenvalue weighted by Crippen LogP contribution is 2.47. The second-order valence-electron chi connectivity index (χ2n) is 10.5. The number of amides is 3. The van der Waals surface area contributed by atoms with Crippen molar-refractivity contribution < 1.29 is 39.5 Å². The zero-order valence-electron chi connectivity index (χ0n) is 21.0. The Morgan fingerprint density at radius 2 is 1.42 bits per heavy atom. The van der Waals surface area contributed by atoms with Crippen LogP contribution in [0.4, 0.5) is 0 Å². The minimum absolute atomic E-state index is 0.00686. The fourth-order valence-corrected chi connectivity index (χ4v) is 12.9. The van der Waals surface area contributed by atoms with Gasteiger partial charge in [-0.1, -0.05) is 67.8 Å². The van der Waals surface area contributed by atoms with E-state index in [2.05, 4.69) is 83.7 Å². The Hall–Kier alpha value is 0.360. The maximum absolute atomic E-state index is 13.1. The highest BCUT2D eigenvalue weighted by Gasteiger charge is 2.52. The molecule has 12 unspecified atom stereocenters. The first-order valence-electron chi connectivity index (χ1n) is 12.6. The van der Waals surface area contributed by atoms with Gasteiger partial charge in [0, 0.05) is 27.7 Å². The van der Waals surface area contributed by atoms with E-state index in [1.807, 2.05) is 0 Å². The average molecular weight is 866 g/mol. The number of nitrogens with one attached hydrogen (secondary N) is 3. The van der Waals surface area contributed by atoms with Crippen LogP contribution in [0.2, 0.25) is 0 Å². The minimum Gasteiger partial charge on any atom is -0.394 e. The third kappa shape index (κ3) is 7.22. The topological polar surface area (TPSA) is 203 Å². The number of alkyl halides is 3. The summed E-state index contributed by atoms with van der Waals surface area (Å²) in [5.74, 6) is -1.01. The third-order valence-corrected chi connectivity index (χ3v) is 12.6. The number of hydrogen-bond acceptors (Lipinski definition) is 9. The van der Waals surface area contributed by atoms with Crippen molar-refractivity contribution in [3.8, 4) is 0 Å². The van der Waals surface area contributed by atoms with E-state index in [1.54, 1.807) is 0 Å². The predicted octanol–water partition coefficient (Wildman–Crippen LogP) is -1.30. The monoisotopic (exact) mass is 866 g/mol. The van der Waals surface area contributed by atoms with Crippen LogP contribution >= 0.6 is 67.8 Å². The fraction of sp³-hybridized carbons (Fsp3) is 0.870. The van der Waals surface area contributed by atoms with Gasteiger partial charge in [0.15, 0.2) is 6.29 Å². The van der Waals surface area contributed by atoms with Gasteiger partial charge in [0.1, 0.15) is 24.4 Å². The highest BCUT2D eigenvalue weighted by molar-refractivity contribution is 14.1. The molecule has 1 saturated heterocycles. The molecule has 9 N–H and O–H groups in total. The predicted molar refractivity (Wildman–Crippen MR) is 163 cm³/mol. The largest absolute Gasteiger partial charge is 0.394 e. The molecular formula is C23H37I3N4O8. The third-order valence-electron chi connectivity index (χ3n) is 7.88. The Kier molecular flexibility index (Phi) is 12.1. The number of aliphatic hydroxyl groups is 4. The van der Waals surface area contributed by atoms with E-state index in [4.69, 9.17) is 10.5 Å². The molecule has 0 bridgehead atoms. The van der Waals surface area contributed by atoms with Gasteiger partial charge in [-0.3, -0.25) is 14.4 Å². The molecule has 1 aliphatic heterocycles. The van der Waals surface area contributed by atoms with Gasteiger partial charge in [0.05, 0.1) is 28.5 Å². The summed E-state index contributed by atoms with van der Waals surface area (Å²) in [6.07, 6.45) is -4.02. The normalized spacial score (nSPS) is 45.6. The second kappa shape index (κ2) is 14.0. The Labute approximate surface area is 262 Å². The number of carbonyl (C=O) groups is 3. The molecule has 0 aromatic carbocycles. The molecule has 3 fully saturated rings. The van der Waals surface area contributed by atoms with E-state index < -0.39 is 55.1 Å². The summed E-state index contributed by atoms with van der Waals surface area (Å²) in [5.41, 5.74) is 6.53. The molecule has 12 atom stereocenters. The van der Waals surface area contributed by atoms with Crippen LogP contribution in [0.15, 0.2) is 0 Å². The van der Waals surface area contributed by atoms with Crippen molar-refractivity contribution in [2.75, 3.05) is 6.61 Å². The molecular weight excluding hydrogens is 829 g/mol. The lowest BCUT2D eigenvalue weighted by Gasteiger charge is -2.51. The number of halogens is 3. The van der Waals surface area contributed by atoms with Crippen LogP contribution in [0.25, 0.3) is 0 Å². The fourth-order valence-electron chi connectivity index (χ4n) is 5.98. The smallest absolute Gasteiger partial charge is 0.225 e. The van der Waals surface area contributed by atoms with E-state index in [9.17, 15) is 34.8 Å². The second-order valence-corrected chi connectivity index (χ2v) is 14.8. The molecule has 1 heterocycles. The lowest BCUT2D eigenvalue weighted by Crippen LogP contribution is -2.67. The van der Waals surface area contributed by atoms with Crippen molar-refractivity contribution in [1.29, 1.82) is 0 Å². The van der Waals surface area contributed by atoms with E-state index in [0.29, 0.717) is 19.3 Å². The van der Waals surface area contributed by atoms with Gasteiger partial charge in [-0.15, -0.1) is 0 Å². The van der Waals surface area contributed by atoms with Gasteiger partial charge >= 0.3 is 0 Å². The number of carbonyl (C=O) groups excluding carboxylic acids is 3. The Bertz CT molecular complexity index is 845. The van der Waals surface area contributed by atoms with Crippen molar-refractivity contribution in [2.45, 2.75) is 93.7 Å². The lowest BCUT2D eigenvalue weighted by molar-refractivity contribution is -0.254. The number of nitrogens with two attached hydrogens (primary N) is 1. The summed E-state index contributed by atoms with van der Waals surface area (Å²) in [4.78, 5) is 37.1. The van der Waals surface area contributed by atoms with Crippen LogP contribution in [0.1, 0.15) is 33.1 Å². The van der Waals surface area contributed by atoms with Crippen molar-refractivity contribution in [1.82, 2.24) is 16.0 Å². The average Bonchev–Trinajstić information content (AvgIpc) is 2.84. The van der Waals surface area contributed by atoms with Crippen LogP contribution in [0.3, 0.4) is 0 Å². The van der Waals surface area contributed by atoms with Gasteiger partial charge < -0.3 is 46.8 Å². The Balaban J connectivity index is 1.71. The summed E-state index contributed by atoms with van der Waals surface area (Å²) in [6, 6.07) is -2.06. The standard InChI is InChI=1S/C23H37I3N4O8/c1-7(32)28-17-14(24)13(15(25)18(16(17)26)29-8(2)33)9-3-4-10(11(27)5-9)22(36)30-19-21(35)20(34)12(6-31)38-23(19)37/h9-21,23,31,34-35,37H,3-6,27H2,1-2H3,(H,28,32)(H,29,33)(H,30,36)/i24-4,25-4,26-4. The van der Waals surface area contributed by atoms with Crippen LogP contribution in [-0.4, -0.2) is 105 Å². The van der Waals surface area contributed by atoms with Gasteiger partial charge in [-0.25, -0.2) is 0 Å². The molecule has 38 heavy (non-hydrogen) atoms. The summed E-state index contributed by atoms with van der Waals surface area (Å²) < 4.78 is 5.29. The zero-order valence-corrected chi connectivity index (χ0v) is 27.5. The van der Waals surface area contributed by atoms with Gasteiger partial charge in [0.2, 0.25) is 17.7 Å². The van der Waals surface area contributed by atoms with Gasteiger partial charge in [0.25, 0.3) is 0 Å². The Morgan fingerprint density at radius 1 is 0.868 bits per heavy atom. The van der Waals surface area contributed by atoms with E-state index in [-0.39, 0.29) is 47.5 Å². The molecule has 0 spiro atoms. The first-order chi connectivity index (χ1) is 17.8.